The van der Waals surface area contributed by atoms with Gasteiger partial charge in [-0.25, -0.2) is 8.78 Å². The Bertz CT molecular complexity index is 445. The lowest BCUT2D eigenvalue weighted by atomic mass is 9.99. The molecule has 0 spiro atoms. The maximum absolute atomic E-state index is 13.2. The third-order valence-corrected chi connectivity index (χ3v) is 3.90. The summed E-state index contributed by atoms with van der Waals surface area (Å²) >= 11 is 3.38. The molecule has 1 heterocycles. The van der Waals surface area contributed by atoms with E-state index >= 15 is 0 Å². The number of halogens is 3. The second-order valence-electron chi connectivity index (χ2n) is 4.78. The predicted octanol–water partition coefficient (Wildman–Crippen LogP) is 3.74. The third kappa shape index (κ3) is 3.53. The maximum Gasteiger partial charge on any atom is 0.254 e. The summed E-state index contributed by atoms with van der Waals surface area (Å²) in [7, 11) is 0. The summed E-state index contributed by atoms with van der Waals surface area (Å²) in [6.45, 7) is 0.661. The Kier molecular flexibility index (Phi) is 4.91. The van der Waals surface area contributed by atoms with Gasteiger partial charge < -0.3 is 4.90 Å². The molecule has 1 fully saturated rings. The van der Waals surface area contributed by atoms with Gasteiger partial charge >= 0.3 is 0 Å². The Morgan fingerprint density at radius 1 is 1.26 bits per heavy atom. The van der Waals surface area contributed by atoms with E-state index < -0.39 is 11.6 Å². The number of hydrogen-bond donors (Lipinski definition) is 0. The Morgan fingerprint density at radius 3 is 2.58 bits per heavy atom. The van der Waals surface area contributed by atoms with Crippen LogP contribution in [0.25, 0.3) is 0 Å². The van der Waals surface area contributed by atoms with Gasteiger partial charge in [-0.1, -0.05) is 15.9 Å². The first-order valence-corrected chi connectivity index (χ1v) is 7.57. The van der Waals surface area contributed by atoms with E-state index in [1.165, 1.54) is 0 Å². The van der Waals surface area contributed by atoms with Crippen molar-refractivity contribution in [2.45, 2.75) is 31.7 Å². The SMILES string of the molecule is O=C(c1cc(F)cc(F)c1)N1CCCCC1CCBr. The Labute approximate surface area is 119 Å². The van der Waals surface area contributed by atoms with Crippen LogP contribution in [0.15, 0.2) is 18.2 Å². The Morgan fingerprint density at radius 2 is 1.95 bits per heavy atom. The van der Waals surface area contributed by atoms with E-state index in [9.17, 15) is 13.6 Å². The highest BCUT2D eigenvalue weighted by Gasteiger charge is 2.27. The standard InChI is InChI=1S/C14H16BrF2NO/c15-5-4-13-3-1-2-6-18(13)14(19)10-7-11(16)9-12(17)8-10/h7-9,13H,1-6H2. The van der Waals surface area contributed by atoms with Crippen molar-refractivity contribution in [3.8, 4) is 0 Å². The van der Waals surface area contributed by atoms with Gasteiger partial charge in [0.25, 0.3) is 5.91 Å². The topological polar surface area (TPSA) is 20.3 Å². The summed E-state index contributed by atoms with van der Waals surface area (Å²) in [4.78, 5) is 14.1. The average Bonchev–Trinajstić information content (AvgIpc) is 2.38. The van der Waals surface area contributed by atoms with E-state index in [0.717, 1.165) is 49.2 Å². The molecule has 0 bridgehead atoms. The van der Waals surface area contributed by atoms with Gasteiger partial charge in [0.1, 0.15) is 11.6 Å². The summed E-state index contributed by atoms with van der Waals surface area (Å²) in [5.74, 6) is -1.70. The van der Waals surface area contributed by atoms with Crippen molar-refractivity contribution in [2.24, 2.45) is 0 Å². The molecule has 1 atom stereocenters. The Hall–Kier alpha value is -0.970. The molecular formula is C14H16BrF2NO. The van der Waals surface area contributed by atoms with E-state index in [4.69, 9.17) is 0 Å². The fourth-order valence-corrected chi connectivity index (χ4v) is 3.07. The molecular weight excluding hydrogens is 316 g/mol. The van der Waals surface area contributed by atoms with Gasteiger partial charge in [0.2, 0.25) is 0 Å². The molecule has 1 aromatic carbocycles. The second kappa shape index (κ2) is 6.46. The normalized spacial score (nSPS) is 19.5. The molecule has 2 rings (SSSR count). The van der Waals surface area contributed by atoms with Crippen molar-refractivity contribution in [3.63, 3.8) is 0 Å². The van der Waals surface area contributed by atoms with E-state index in [2.05, 4.69) is 15.9 Å². The molecule has 19 heavy (non-hydrogen) atoms. The molecule has 1 amide bonds. The quantitative estimate of drug-likeness (QED) is 0.772. The molecule has 2 nitrogen and oxygen atoms in total. The van der Waals surface area contributed by atoms with Crippen molar-refractivity contribution < 1.29 is 13.6 Å². The van der Waals surface area contributed by atoms with Crippen LogP contribution in [0.3, 0.4) is 0 Å². The van der Waals surface area contributed by atoms with Crippen LogP contribution in [0.4, 0.5) is 8.78 Å². The minimum absolute atomic E-state index is 0.0963. The number of carbonyl (C=O) groups excluding carboxylic acids is 1. The van der Waals surface area contributed by atoms with Gasteiger partial charge in [-0.3, -0.25) is 4.79 Å². The number of carbonyl (C=O) groups is 1. The summed E-state index contributed by atoms with van der Waals surface area (Å²) in [5, 5.41) is 0.818. The fourth-order valence-electron chi connectivity index (χ4n) is 2.54. The molecule has 1 unspecified atom stereocenters. The number of benzene rings is 1. The van der Waals surface area contributed by atoms with Crippen molar-refractivity contribution in [3.05, 3.63) is 35.4 Å². The lowest BCUT2D eigenvalue weighted by molar-refractivity contribution is 0.0609. The van der Waals surface area contributed by atoms with Crippen LogP contribution in [-0.4, -0.2) is 28.7 Å². The molecule has 5 heteroatoms. The van der Waals surface area contributed by atoms with Crippen LogP contribution in [0, 0.1) is 11.6 Å². The first-order valence-electron chi connectivity index (χ1n) is 6.45. The largest absolute Gasteiger partial charge is 0.336 e. The number of amides is 1. The second-order valence-corrected chi connectivity index (χ2v) is 5.58. The highest BCUT2D eigenvalue weighted by atomic mass is 79.9. The molecule has 1 aliphatic rings. The van der Waals surface area contributed by atoms with E-state index in [1.54, 1.807) is 4.90 Å². The molecule has 1 saturated heterocycles. The lowest BCUT2D eigenvalue weighted by Crippen LogP contribution is -2.44. The zero-order valence-electron chi connectivity index (χ0n) is 10.5. The number of piperidine rings is 1. The highest BCUT2D eigenvalue weighted by molar-refractivity contribution is 9.09. The molecule has 0 saturated carbocycles. The monoisotopic (exact) mass is 331 g/mol. The smallest absolute Gasteiger partial charge is 0.254 e. The third-order valence-electron chi connectivity index (χ3n) is 3.44. The summed E-state index contributed by atoms with van der Waals surface area (Å²) < 4.78 is 26.4. The molecule has 1 aromatic rings. The summed E-state index contributed by atoms with van der Waals surface area (Å²) in [6.07, 6.45) is 3.86. The van der Waals surface area contributed by atoms with Gasteiger partial charge in [-0.15, -0.1) is 0 Å². The van der Waals surface area contributed by atoms with E-state index in [-0.39, 0.29) is 17.5 Å². The molecule has 0 radical (unpaired) electrons. The first kappa shape index (κ1) is 14.4. The van der Waals surface area contributed by atoms with Gasteiger partial charge in [0.05, 0.1) is 0 Å². The van der Waals surface area contributed by atoms with Crippen LogP contribution in [0.2, 0.25) is 0 Å². The fraction of sp³-hybridized carbons (Fsp3) is 0.500. The van der Waals surface area contributed by atoms with Gasteiger partial charge in [0.15, 0.2) is 0 Å². The van der Waals surface area contributed by atoms with Gasteiger partial charge in [-0.2, -0.15) is 0 Å². The minimum Gasteiger partial charge on any atom is -0.336 e. The van der Waals surface area contributed by atoms with Gasteiger partial charge in [0, 0.05) is 29.5 Å². The van der Waals surface area contributed by atoms with Crippen LogP contribution < -0.4 is 0 Å². The number of rotatable bonds is 3. The van der Waals surface area contributed by atoms with E-state index in [1.807, 2.05) is 0 Å². The van der Waals surface area contributed by atoms with Crippen LogP contribution in [0.5, 0.6) is 0 Å². The number of alkyl halides is 1. The van der Waals surface area contributed by atoms with Crippen molar-refractivity contribution >= 4 is 21.8 Å². The zero-order valence-corrected chi connectivity index (χ0v) is 12.1. The van der Waals surface area contributed by atoms with Crippen molar-refractivity contribution in [1.29, 1.82) is 0 Å². The number of nitrogens with zero attached hydrogens (tertiary/aromatic N) is 1. The first-order chi connectivity index (χ1) is 9.11. The molecule has 0 N–H and O–H groups in total. The van der Waals surface area contributed by atoms with Crippen LogP contribution in [-0.2, 0) is 0 Å². The van der Waals surface area contributed by atoms with E-state index in [0.29, 0.717) is 6.54 Å². The summed E-state index contributed by atoms with van der Waals surface area (Å²) in [6, 6.07) is 3.14. The molecule has 104 valence electrons. The van der Waals surface area contributed by atoms with Gasteiger partial charge in [-0.05, 0) is 37.8 Å². The summed E-state index contributed by atoms with van der Waals surface area (Å²) in [5.41, 5.74) is 0.0963. The Balaban J connectivity index is 2.20. The maximum atomic E-state index is 13.2. The molecule has 0 aliphatic carbocycles. The lowest BCUT2D eigenvalue weighted by Gasteiger charge is -2.35. The highest BCUT2D eigenvalue weighted by Crippen LogP contribution is 2.23. The average molecular weight is 332 g/mol. The molecule has 0 aromatic heterocycles. The molecule has 1 aliphatic heterocycles. The number of likely N-dealkylation sites (tertiary alicyclic amines) is 1. The minimum atomic E-state index is -0.711. The van der Waals surface area contributed by atoms with Crippen LogP contribution >= 0.6 is 15.9 Å². The number of hydrogen-bond acceptors (Lipinski definition) is 1. The van der Waals surface area contributed by atoms with Crippen LogP contribution in [0.1, 0.15) is 36.0 Å². The van der Waals surface area contributed by atoms with Crippen molar-refractivity contribution in [1.82, 2.24) is 4.90 Å². The van der Waals surface area contributed by atoms with Crippen molar-refractivity contribution in [2.75, 3.05) is 11.9 Å². The predicted molar refractivity (Wildman–Crippen MR) is 73.4 cm³/mol. The zero-order chi connectivity index (χ0) is 13.8.